The highest BCUT2D eigenvalue weighted by Gasteiger charge is 2.16. The molecule has 0 radical (unpaired) electrons. The molecule has 0 bridgehead atoms. The van der Waals surface area contributed by atoms with E-state index in [4.69, 9.17) is 5.26 Å². The highest BCUT2D eigenvalue weighted by Crippen LogP contribution is 2.29. The first-order chi connectivity index (χ1) is 13.1. The van der Waals surface area contributed by atoms with Crippen LogP contribution in [0.5, 0.6) is 0 Å². The van der Waals surface area contributed by atoms with Crippen molar-refractivity contribution >= 4 is 33.1 Å². The molecule has 5 nitrogen and oxygen atoms in total. The Morgan fingerprint density at radius 3 is 2.78 bits per heavy atom. The van der Waals surface area contributed by atoms with Crippen LogP contribution in [-0.2, 0) is 6.54 Å². The smallest absolute Gasteiger partial charge is 0.265 e. The molecule has 2 aromatic heterocycles. The lowest BCUT2D eigenvalue weighted by Gasteiger charge is -2.04. The molecule has 4 rings (SSSR count). The van der Waals surface area contributed by atoms with E-state index in [0.29, 0.717) is 22.7 Å². The maximum Gasteiger partial charge on any atom is 0.265 e. The van der Waals surface area contributed by atoms with Gasteiger partial charge in [-0.25, -0.2) is 0 Å². The van der Waals surface area contributed by atoms with Crippen LogP contribution < -0.4 is 5.32 Å². The fraction of sp³-hybridized carbons (Fsp3) is 0.0952. The van der Waals surface area contributed by atoms with Crippen LogP contribution in [0.1, 0.15) is 26.5 Å². The molecule has 1 amide bonds. The number of aromatic nitrogens is 2. The molecule has 0 saturated carbocycles. The Morgan fingerprint density at radius 1 is 1.19 bits per heavy atom. The molecule has 27 heavy (non-hydrogen) atoms. The number of amides is 1. The minimum absolute atomic E-state index is 0.183. The van der Waals surface area contributed by atoms with Gasteiger partial charge in [0.15, 0.2) is 0 Å². The zero-order valence-electron chi connectivity index (χ0n) is 14.6. The summed E-state index contributed by atoms with van der Waals surface area (Å²) < 4.78 is 1.94. The summed E-state index contributed by atoms with van der Waals surface area (Å²) in [6.45, 7) is 2.62. The Balaban J connectivity index is 1.62. The van der Waals surface area contributed by atoms with Crippen LogP contribution in [0.3, 0.4) is 0 Å². The molecular formula is C21H16N4OS. The first-order valence-corrected chi connectivity index (χ1v) is 9.28. The lowest BCUT2D eigenvalue weighted by atomic mass is 10.2. The van der Waals surface area contributed by atoms with Crippen molar-refractivity contribution < 1.29 is 4.79 Å². The van der Waals surface area contributed by atoms with Crippen LogP contribution in [0.15, 0.2) is 60.7 Å². The fourth-order valence-corrected chi connectivity index (χ4v) is 4.00. The third-order valence-electron chi connectivity index (χ3n) is 4.26. The van der Waals surface area contributed by atoms with Crippen LogP contribution in [0.2, 0.25) is 0 Å². The van der Waals surface area contributed by atoms with Gasteiger partial charge in [-0.3, -0.25) is 9.48 Å². The summed E-state index contributed by atoms with van der Waals surface area (Å²) in [4.78, 5) is 14.2. The first kappa shape index (κ1) is 17.0. The van der Waals surface area contributed by atoms with E-state index in [1.165, 1.54) is 11.3 Å². The zero-order chi connectivity index (χ0) is 18.8. The van der Waals surface area contributed by atoms with Crippen LogP contribution in [-0.4, -0.2) is 15.7 Å². The number of benzene rings is 2. The SMILES string of the molecule is Cc1nn(Cc2ccccc2)c2sc(C(=O)Nc3cccc(C#N)c3)cc12. The van der Waals surface area contributed by atoms with Gasteiger partial charge in [-0.2, -0.15) is 10.4 Å². The van der Waals surface area contributed by atoms with Crippen LogP contribution in [0.25, 0.3) is 10.2 Å². The van der Waals surface area contributed by atoms with Gasteiger partial charge in [0.25, 0.3) is 5.91 Å². The van der Waals surface area contributed by atoms with Gasteiger partial charge in [0.2, 0.25) is 0 Å². The largest absolute Gasteiger partial charge is 0.321 e. The minimum atomic E-state index is -0.183. The second kappa shape index (κ2) is 7.06. The van der Waals surface area contributed by atoms with Gasteiger partial charge in [-0.15, -0.1) is 11.3 Å². The Kier molecular flexibility index (Phi) is 4.45. The van der Waals surface area contributed by atoms with E-state index >= 15 is 0 Å². The van der Waals surface area contributed by atoms with E-state index < -0.39 is 0 Å². The van der Waals surface area contributed by atoms with Gasteiger partial charge in [-0.05, 0) is 36.8 Å². The Hall–Kier alpha value is -3.43. The van der Waals surface area contributed by atoms with Crippen LogP contribution in [0, 0.1) is 18.3 Å². The molecular weight excluding hydrogens is 356 g/mol. The molecule has 0 unspecified atom stereocenters. The molecule has 0 saturated heterocycles. The number of nitrogens with zero attached hydrogens (tertiary/aromatic N) is 3. The number of aryl methyl sites for hydroxylation is 1. The number of nitriles is 1. The average Bonchev–Trinajstić information content (AvgIpc) is 3.24. The van der Waals surface area contributed by atoms with E-state index in [-0.39, 0.29) is 5.91 Å². The third kappa shape index (κ3) is 3.46. The number of carbonyl (C=O) groups excluding carboxylic acids is 1. The number of nitrogens with one attached hydrogen (secondary N) is 1. The number of rotatable bonds is 4. The van der Waals surface area contributed by atoms with Gasteiger partial charge in [0, 0.05) is 11.1 Å². The van der Waals surface area contributed by atoms with Gasteiger partial charge in [-0.1, -0.05) is 36.4 Å². The van der Waals surface area contributed by atoms with Gasteiger partial charge < -0.3 is 5.32 Å². The molecule has 1 N–H and O–H groups in total. The Morgan fingerprint density at radius 2 is 2.00 bits per heavy atom. The highest BCUT2D eigenvalue weighted by molar-refractivity contribution is 7.20. The normalized spacial score (nSPS) is 10.7. The van der Waals surface area contributed by atoms with Gasteiger partial charge in [0.05, 0.1) is 28.7 Å². The first-order valence-electron chi connectivity index (χ1n) is 8.46. The summed E-state index contributed by atoms with van der Waals surface area (Å²) in [6, 6.07) is 21.0. The number of fused-ring (bicyclic) bond motifs is 1. The van der Waals surface area contributed by atoms with E-state index in [9.17, 15) is 4.79 Å². The molecule has 6 heteroatoms. The van der Waals surface area contributed by atoms with Crippen molar-refractivity contribution in [2.75, 3.05) is 5.32 Å². The number of anilines is 1. The number of carbonyl (C=O) groups is 1. The molecule has 0 atom stereocenters. The molecule has 132 valence electrons. The van der Waals surface area contributed by atoms with E-state index in [0.717, 1.165) is 21.5 Å². The quantitative estimate of drug-likeness (QED) is 0.570. The van der Waals surface area contributed by atoms with E-state index in [1.807, 2.05) is 35.9 Å². The number of thiophene rings is 1. The molecule has 4 aromatic rings. The van der Waals surface area contributed by atoms with Crippen molar-refractivity contribution in [2.24, 2.45) is 0 Å². The van der Waals surface area contributed by atoms with Crippen molar-refractivity contribution in [3.63, 3.8) is 0 Å². The molecule has 0 aliphatic rings. The average molecular weight is 372 g/mol. The molecule has 0 spiro atoms. The molecule has 2 heterocycles. The van der Waals surface area contributed by atoms with Gasteiger partial charge >= 0.3 is 0 Å². The summed E-state index contributed by atoms with van der Waals surface area (Å²) in [5.74, 6) is -0.183. The maximum absolute atomic E-state index is 12.6. The lowest BCUT2D eigenvalue weighted by Crippen LogP contribution is -2.10. The summed E-state index contributed by atoms with van der Waals surface area (Å²) in [7, 11) is 0. The molecule has 0 fully saturated rings. The second-order valence-electron chi connectivity index (χ2n) is 6.20. The highest BCUT2D eigenvalue weighted by atomic mass is 32.1. The summed E-state index contributed by atoms with van der Waals surface area (Å²) >= 11 is 1.42. The fourth-order valence-electron chi connectivity index (χ4n) is 2.95. The summed E-state index contributed by atoms with van der Waals surface area (Å²) in [5.41, 5.74) is 3.19. The minimum Gasteiger partial charge on any atom is -0.321 e. The zero-order valence-corrected chi connectivity index (χ0v) is 15.5. The second-order valence-corrected chi connectivity index (χ2v) is 7.24. The Labute approximate surface area is 160 Å². The summed E-state index contributed by atoms with van der Waals surface area (Å²) in [6.07, 6.45) is 0. The predicted octanol–water partition coefficient (Wildman–Crippen LogP) is 4.58. The van der Waals surface area contributed by atoms with Crippen LogP contribution >= 0.6 is 11.3 Å². The van der Waals surface area contributed by atoms with Crippen molar-refractivity contribution in [1.82, 2.24) is 9.78 Å². The number of hydrogen-bond donors (Lipinski definition) is 1. The monoisotopic (exact) mass is 372 g/mol. The van der Waals surface area contributed by atoms with Crippen molar-refractivity contribution in [2.45, 2.75) is 13.5 Å². The third-order valence-corrected chi connectivity index (χ3v) is 5.40. The standard InChI is InChI=1S/C21H16N4OS/c1-14-18-11-19(20(26)23-17-9-5-8-16(10-17)12-22)27-21(18)25(24-14)13-15-6-3-2-4-7-15/h2-11H,13H2,1H3,(H,23,26). The van der Waals surface area contributed by atoms with E-state index in [2.05, 4.69) is 28.6 Å². The molecule has 0 aliphatic carbocycles. The van der Waals surface area contributed by atoms with Crippen molar-refractivity contribution in [3.05, 3.63) is 82.4 Å². The molecule has 0 aliphatic heterocycles. The van der Waals surface area contributed by atoms with E-state index in [1.54, 1.807) is 24.3 Å². The van der Waals surface area contributed by atoms with Crippen molar-refractivity contribution in [3.8, 4) is 6.07 Å². The Bertz CT molecular complexity index is 1170. The van der Waals surface area contributed by atoms with Crippen molar-refractivity contribution in [1.29, 1.82) is 5.26 Å². The predicted molar refractivity (Wildman–Crippen MR) is 107 cm³/mol. The maximum atomic E-state index is 12.6. The van der Waals surface area contributed by atoms with Crippen LogP contribution in [0.4, 0.5) is 5.69 Å². The molecule has 2 aromatic carbocycles. The lowest BCUT2D eigenvalue weighted by molar-refractivity contribution is 0.103. The summed E-state index contributed by atoms with van der Waals surface area (Å²) in [5, 5.41) is 17.5. The van der Waals surface area contributed by atoms with Gasteiger partial charge in [0.1, 0.15) is 4.83 Å². The topological polar surface area (TPSA) is 70.7 Å². The number of hydrogen-bond acceptors (Lipinski definition) is 4.